The van der Waals surface area contributed by atoms with E-state index in [0.29, 0.717) is 24.5 Å². The topological polar surface area (TPSA) is 62.6 Å². The SMILES string of the molecule is CN(CCOCC1CC1)C(=O)COc1ccccc1C#N. The zero-order chi connectivity index (χ0) is 15.1. The highest BCUT2D eigenvalue weighted by Crippen LogP contribution is 2.28. The molecule has 21 heavy (non-hydrogen) atoms. The Balaban J connectivity index is 1.68. The summed E-state index contributed by atoms with van der Waals surface area (Å²) in [6.45, 7) is 1.83. The molecular formula is C16H20N2O3. The van der Waals surface area contributed by atoms with Gasteiger partial charge in [-0.15, -0.1) is 0 Å². The van der Waals surface area contributed by atoms with Gasteiger partial charge in [0.2, 0.25) is 0 Å². The number of para-hydroxylation sites is 1. The Bertz CT molecular complexity index is 520. The number of carbonyl (C=O) groups excluding carboxylic acids is 1. The van der Waals surface area contributed by atoms with Crippen LogP contribution in [0.25, 0.3) is 0 Å². The van der Waals surface area contributed by atoms with Crippen LogP contribution in [0.5, 0.6) is 5.75 Å². The minimum Gasteiger partial charge on any atom is -0.482 e. The van der Waals surface area contributed by atoms with E-state index in [-0.39, 0.29) is 12.5 Å². The van der Waals surface area contributed by atoms with E-state index in [9.17, 15) is 4.79 Å². The van der Waals surface area contributed by atoms with Crippen LogP contribution in [0.3, 0.4) is 0 Å². The van der Waals surface area contributed by atoms with E-state index >= 15 is 0 Å². The molecule has 0 unspecified atom stereocenters. The molecule has 0 atom stereocenters. The van der Waals surface area contributed by atoms with Crippen molar-refractivity contribution >= 4 is 5.91 Å². The second-order valence-electron chi connectivity index (χ2n) is 5.23. The summed E-state index contributed by atoms with van der Waals surface area (Å²) in [5.41, 5.74) is 0.431. The van der Waals surface area contributed by atoms with Gasteiger partial charge in [0.1, 0.15) is 11.8 Å². The van der Waals surface area contributed by atoms with Crippen molar-refractivity contribution in [1.29, 1.82) is 5.26 Å². The summed E-state index contributed by atoms with van der Waals surface area (Å²) in [5, 5.41) is 8.94. The van der Waals surface area contributed by atoms with Crippen LogP contribution in [0.2, 0.25) is 0 Å². The molecule has 0 heterocycles. The van der Waals surface area contributed by atoms with Crippen molar-refractivity contribution in [2.45, 2.75) is 12.8 Å². The first-order valence-corrected chi connectivity index (χ1v) is 7.14. The molecule has 1 aromatic carbocycles. The molecule has 0 bridgehead atoms. The molecule has 1 fully saturated rings. The number of ether oxygens (including phenoxy) is 2. The van der Waals surface area contributed by atoms with Crippen molar-refractivity contribution in [3.8, 4) is 11.8 Å². The molecule has 112 valence electrons. The van der Waals surface area contributed by atoms with Crippen LogP contribution in [0.1, 0.15) is 18.4 Å². The first kappa shape index (κ1) is 15.3. The molecule has 1 aliphatic carbocycles. The third kappa shape index (κ3) is 5.09. The Hall–Kier alpha value is -2.06. The summed E-state index contributed by atoms with van der Waals surface area (Å²) in [6.07, 6.45) is 2.53. The molecule has 1 aliphatic rings. The van der Waals surface area contributed by atoms with Crippen LogP contribution >= 0.6 is 0 Å². The van der Waals surface area contributed by atoms with Gasteiger partial charge in [0, 0.05) is 20.2 Å². The number of rotatable bonds is 8. The summed E-state index contributed by atoms with van der Waals surface area (Å²) in [5.74, 6) is 1.04. The lowest BCUT2D eigenvalue weighted by atomic mass is 10.2. The average Bonchev–Trinajstić information content (AvgIpc) is 3.33. The molecule has 0 radical (unpaired) electrons. The summed E-state index contributed by atoms with van der Waals surface area (Å²) < 4.78 is 10.9. The van der Waals surface area contributed by atoms with Gasteiger partial charge in [0.25, 0.3) is 5.91 Å². The second kappa shape index (κ2) is 7.65. The van der Waals surface area contributed by atoms with Crippen LogP contribution in [0, 0.1) is 17.2 Å². The fourth-order valence-electron chi connectivity index (χ4n) is 1.80. The zero-order valence-corrected chi connectivity index (χ0v) is 12.2. The molecule has 5 nitrogen and oxygen atoms in total. The van der Waals surface area contributed by atoms with Gasteiger partial charge in [0.15, 0.2) is 6.61 Å². The summed E-state index contributed by atoms with van der Waals surface area (Å²) in [4.78, 5) is 13.5. The van der Waals surface area contributed by atoms with E-state index in [4.69, 9.17) is 14.7 Å². The molecular weight excluding hydrogens is 268 g/mol. The number of likely N-dealkylation sites (N-methyl/N-ethyl adjacent to an activating group) is 1. The predicted molar refractivity (Wildman–Crippen MR) is 77.8 cm³/mol. The number of carbonyl (C=O) groups is 1. The fraction of sp³-hybridized carbons (Fsp3) is 0.500. The smallest absolute Gasteiger partial charge is 0.260 e. The van der Waals surface area contributed by atoms with Gasteiger partial charge in [0.05, 0.1) is 12.2 Å². The van der Waals surface area contributed by atoms with Crippen molar-refractivity contribution in [2.24, 2.45) is 5.92 Å². The predicted octanol–water partition coefficient (Wildman–Crippen LogP) is 1.82. The van der Waals surface area contributed by atoms with Gasteiger partial charge in [-0.2, -0.15) is 5.26 Å². The van der Waals surface area contributed by atoms with Crippen molar-refractivity contribution in [2.75, 3.05) is 33.4 Å². The van der Waals surface area contributed by atoms with Gasteiger partial charge in [-0.25, -0.2) is 0 Å². The summed E-state index contributed by atoms with van der Waals surface area (Å²) in [7, 11) is 1.72. The Kier molecular flexibility index (Phi) is 5.59. The van der Waals surface area contributed by atoms with E-state index in [1.165, 1.54) is 12.8 Å². The van der Waals surface area contributed by atoms with Crippen LogP contribution in [-0.2, 0) is 9.53 Å². The minimum absolute atomic E-state index is 0.0716. The largest absolute Gasteiger partial charge is 0.482 e. The summed E-state index contributed by atoms with van der Waals surface area (Å²) >= 11 is 0. The summed E-state index contributed by atoms with van der Waals surface area (Å²) in [6, 6.07) is 8.92. The molecule has 5 heteroatoms. The Morgan fingerprint density at radius 3 is 2.90 bits per heavy atom. The first-order chi connectivity index (χ1) is 10.2. The Morgan fingerprint density at radius 2 is 2.19 bits per heavy atom. The maximum atomic E-state index is 11.9. The van der Waals surface area contributed by atoms with Gasteiger partial charge in [-0.05, 0) is 30.9 Å². The highest BCUT2D eigenvalue weighted by molar-refractivity contribution is 5.77. The Morgan fingerprint density at radius 1 is 1.43 bits per heavy atom. The standard InChI is InChI=1S/C16H20N2O3/c1-18(8-9-20-11-13-6-7-13)16(19)12-21-15-5-3-2-4-14(15)10-17/h2-5,13H,6-9,11-12H2,1H3. The van der Waals surface area contributed by atoms with E-state index in [1.807, 2.05) is 6.07 Å². The molecule has 0 spiro atoms. The van der Waals surface area contributed by atoms with Gasteiger partial charge < -0.3 is 14.4 Å². The first-order valence-electron chi connectivity index (χ1n) is 7.14. The number of nitriles is 1. The van der Waals surface area contributed by atoms with Crippen LogP contribution in [0.4, 0.5) is 0 Å². The lowest BCUT2D eigenvalue weighted by molar-refractivity contribution is -0.132. The molecule has 1 saturated carbocycles. The molecule has 0 aliphatic heterocycles. The van der Waals surface area contributed by atoms with Crippen molar-refractivity contribution in [3.05, 3.63) is 29.8 Å². The van der Waals surface area contributed by atoms with E-state index in [2.05, 4.69) is 0 Å². The molecule has 0 saturated heterocycles. The lowest BCUT2D eigenvalue weighted by Gasteiger charge is -2.17. The third-order valence-electron chi connectivity index (χ3n) is 3.41. The third-order valence-corrected chi connectivity index (χ3v) is 3.41. The number of nitrogens with zero attached hydrogens (tertiary/aromatic N) is 2. The van der Waals surface area contributed by atoms with Crippen molar-refractivity contribution in [1.82, 2.24) is 4.90 Å². The quantitative estimate of drug-likeness (QED) is 0.685. The highest BCUT2D eigenvalue weighted by Gasteiger charge is 2.21. The minimum atomic E-state index is -0.127. The van der Waals surface area contributed by atoms with Crippen molar-refractivity contribution in [3.63, 3.8) is 0 Å². The average molecular weight is 288 g/mol. The molecule has 1 aromatic rings. The van der Waals surface area contributed by atoms with Gasteiger partial charge in [-0.1, -0.05) is 12.1 Å². The van der Waals surface area contributed by atoms with Gasteiger partial charge in [-0.3, -0.25) is 4.79 Å². The fourth-order valence-corrected chi connectivity index (χ4v) is 1.80. The second-order valence-corrected chi connectivity index (χ2v) is 5.23. The van der Waals surface area contributed by atoms with Crippen LogP contribution in [0.15, 0.2) is 24.3 Å². The maximum absolute atomic E-state index is 11.9. The molecule has 0 aromatic heterocycles. The highest BCUT2D eigenvalue weighted by atomic mass is 16.5. The zero-order valence-electron chi connectivity index (χ0n) is 12.2. The van der Waals surface area contributed by atoms with Gasteiger partial charge >= 0.3 is 0 Å². The van der Waals surface area contributed by atoms with E-state index < -0.39 is 0 Å². The molecule has 1 amide bonds. The number of benzene rings is 1. The van der Waals surface area contributed by atoms with E-state index in [1.54, 1.807) is 36.2 Å². The van der Waals surface area contributed by atoms with Crippen LogP contribution < -0.4 is 4.74 Å². The Labute approximate surface area is 125 Å². The van der Waals surface area contributed by atoms with Crippen molar-refractivity contribution < 1.29 is 14.3 Å². The van der Waals surface area contributed by atoms with E-state index in [0.717, 1.165) is 12.5 Å². The number of amides is 1. The van der Waals surface area contributed by atoms with Crippen LogP contribution in [-0.4, -0.2) is 44.2 Å². The lowest BCUT2D eigenvalue weighted by Crippen LogP contribution is -2.34. The molecule has 2 rings (SSSR count). The normalized spacial score (nSPS) is 13.5. The number of hydrogen-bond acceptors (Lipinski definition) is 4. The maximum Gasteiger partial charge on any atom is 0.260 e. The number of hydrogen-bond donors (Lipinski definition) is 0. The molecule has 0 N–H and O–H groups in total. The monoisotopic (exact) mass is 288 g/mol.